The molecule has 0 saturated heterocycles. The van der Waals surface area contributed by atoms with Crippen LogP contribution in [0.3, 0.4) is 0 Å². The largest absolute Gasteiger partial charge is 0.326 e. The van der Waals surface area contributed by atoms with Gasteiger partial charge in [-0.25, -0.2) is 4.98 Å². The van der Waals surface area contributed by atoms with E-state index in [9.17, 15) is 0 Å². The first-order valence-corrected chi connectivity index (χ1v) is 4.28. The molecule has 70 valence electrons. The standard InChI is InChI=1S/C7H10N2S.2ClH/c1-10-7-3-2-6(4-8)5-9-7;;/h2-3,5H,4,8H2,1H3;2*1H. The van der Waals surface area contributed by atoms with Gasteiger partial charge in [0.05, 0.1) is 5.03 Å². The van der Waals surface area contributed by atoms with Crippen molar-refractivity contribution >= 4 is 36.6 Å². The van der Waals surface area contributed by atoms with Crippen LogP contribution in [0.2, 0.25) is 0 Å². The SMILES string of the molecule is CSc1ccc(CN)cn1.Cl.Cl. The van der Waals surface area contributed by atoms with E-state index in [1.54, 1.807) is 11.8 Å². The van der Waals surface area contributed by atoms with Gasteiger partial charge in [-0.3, -0.25) is 0 Å². The highest BCUT2D eigenvalue weighted by molar-refractivity contribution is 7.98. The second-order valence-electron chi connectivity index (χ2n) is 1.91. The number of thioether (sulfide) groups is 1. The van der Waals surface area contributed by atoms with Gasteiger partial charge in [-0.15, -0.1) is 36.6 Å². The summed E-state index contributed by atoms with van der Waals surface area (Å²) >= 11 is 1.64. The molecular formula is C7H12Cl2N2S. The Bertz CT molecular complexity index is 180. The second kappa shape index (κ2) is 7.68. The highest BCUT2D eigenvalue weighted by Crippen LogP contribution is 2.10. The predicted octanol–water partition coefficient (Wildman–Crippen LogP) is 2.11. The molecule has 0 bridgehead atoms. The van der Waals surface area contributed by atoms with Gasteiger partial charge >= 0.3 is 0 Å². The molecular weight excluding hydrogens is 215 g/mol. The van der Waals surface area contributed by atoms with Gasteiger partial charge in [-0.05, 0) is 17.9 Å². The lowest BCUT2D eigenvalue weighted by Gasteiger charge is -1.96. The minimum Gasteiger partial charge on any atom is -0.326 e. The van der Waals surface area contributed by atoms with Crippen molar-refractivity contribution in [1.29, 1.82) is 0 Å². The van der Waals surface area contributed by atoms with Crippen LogP contribution in [0.15, 0.2) is 23.4 Å². The number of hydrogen-bond donors (Lipinski definition) is 1. The second-order valence-corrected chi connectivity index (χ2v) is 2.74. The first kappa shape index (κ1) is 14.6. The van der Waals surface area contributed by atoms with Gasteiger partial charge < -0.3 is 5.73 Å². The quantitative estimate of drug-likeness (QED) is 0.786. The summed E-state index contributed by atoms with van der Waals surface area (Å²) in [6.07, 6.45) is 3.82. The van der Waals surface area contributed by atoms with E-state index in [0.717, 1.165) is 10.6 Å². The van der Waals surface area contributed by atoms with Crippen molar-refractivity contribution in [2.45, 2.75) is 11.6 Å². The lowest BCUT2D eigenvalue weighted by atomic mass is 10.3. The molecule has 0 aromatic carbocycles. The van der Waals surface area contributed by atoms with Crippen LogP contribution in [0.4, 0.5) is 0 Å². The van der Waals surface area contributed by atoms with E-state index in [1.807, 2.05) is 24.6 Å². The molecule has 0 atom stereocenters. The molecule has 12 heavy (non-hydrogen) atoms. The van der Waals surface area contributed by atoms with Gasteiger partial charge in [0.25, 0.3) is 0 Å². The minimum atomic E-state index is 0. The molecule has 0 unspecified atom stereocenters. The van der Waals surface area contributed by atoms with E-state index in [1.165, 1.54) is 0 Å². The van der Waals surface area contributed by atoms with Crippen molar-refractivity contribution < 1.29 is 0 Å². The third-order valence-electron chi connectivity index (χ3n) is 1.24. The van der Waals surface area contributed by atoms with Crippen LogP contribution in [0.25, 0.3) is 0 Å². The molecule has 1 heterocycles. The summed E-state index contributed by atoms with van der Waals surface area (Å²) < 4.78 is 0. The molecule has 0 amide bonds. The fourth-order valence-corrected chi connectivity index (χ4v) is 1.01. The molecule has 2 nitrogen and oxygen atoms in total. The van der Waals surface area contributed by atoms with Crippen LogP contribution >= 0.6 is 36.6 Å². The molecule has 0 fully saturated rings. The van der Waals surface area contributed by atoms with E-state index in [2.05, 4.69) is 4.98 Å². The van der Waals surface area contributed by atoms with Crippen LogP contribution in [-0.4, -0.2) is 11.2 Å². The Kier molecular flexibility index (Phi) is 9.31. The summed E-state index contributed by atoms with van der Waals surface area (Å²) in [5, 5.41) is 1.04. The maximum atomic E-state index is 5.39. The average molecular weight is 227 g/mol. The lowest BCUT2D eigenvalue weighted by Crippen LogP contribution is -1.96. The minimum absolute atomic E-state index is 0. The fourth-order valence-electron chi connectivity index (χ4n) is 0.652. The van der Waals surface area contributed by atoms with Crippen LogP contribution in [-0.2, 0) is 6.54 Å². The monoisotopic (exact) mass is 226 g/mol. The summed E-state index contributed by atoms with van der Waals surface area (Å²) in [7, 11) is 0. The molecule has 0 spiro atoms. The Morgan fingerprint density at radius 2 is 2.08 bits per heavy atom. The predicted molar refractivity (Wildman–Crippen MR) is 58.4 cm³/mol. The normalized spacial score (nSPS) is 8.17. The van der Waals surface area contributed by atoms with Gasteiger partial charge in [0, 0.05) is 12.7 Å². The van der Waals surface area contributed by atoms with Crippen molar-refractivity contribution in [3.05, 3.63) is 23.9 Å². The summed E-state index contributed by atoms with van der Waals surface area (Å²) in [5.74, 6) is 0. The molecule has 5 heteroatoms. The molecule has 2 N–H and O–H groups in total. The zero-order chi connectivity index (χ0) is 7.40. The third kappa shape index (κ3) is 4.16. The van der Waals surface area contributed by atoms with E-state index in [4.69, 9.17) is 5.73 Å². The summed E-state index contributed by atoms with van der Waals surface area (Å²) in [6, 6.07) is 3.98. The van der Waals surface area contributed by atoms with Crippen molar-refractivity contribution in [2.75, 3.05) is 6.26 Å². The first-order valence-electron chi connectivity index (χ1n) is 3.06. The van der Waals surface area contributed by atoms with Crippen molar-refractivity contribution in [3.63, 3.8) is 0 Å². The molecule has 1 aromatic heterocycles. The lowest BCUT2D eigenvalue weighted by molar-refractivity contribution is 1.01. The Morgan fingerprint density at radius 3 is 2.42 bits per heavy atom. The highest BCUT2D eigenvalue weighted by Gasteiger charge is 1.90. The molecule has 0 radical (unpaired) electrons. The third-order valence-corrected chi connectivity index (χ3v) is 1.90. The van der Waals surface area contributed by atoms with E-state index >= 15 is 0 Å². The van der Waals surface area contributed by atoms with Crippen LogP contribution in [0.1, 0.15) is 5.56 Å². The number of hydrogen-bond acceptors (Lipinski definition) is 3. The number of pyridine rings is 1. The Labute approximate surface area is 89.2 Å². The summed E-state index contributed by atoms with van der Waals surface area (Å²) in [5.41, 5.74) is 6.48. The molecule has 1 aromatic rings. The maximum Gasteiger partial charge on any atom is 0.0957 e. The Balaban J connectivity index is 0. The van der Waals surface area contributed by atoms with Crippen LogP contribution in [0.5, 0.6) is 0 Å². The molecule has 1 rings (SSSR count). The fraction of sp³-hybridized carbons (Fsp3) is 0.286. The van der Waals surface area contributed by atoms with Gasteiger partial charge in [0.2, 0.25) is 0 Å². The van der Waals surface area contributed by atoms with Crippen LogP contribution in [0, 0.1) is 0 Å². The molecule has 0 aliphatic carbocycles. The van der Waals surface area contributed by atoms with Crippen molar-refractivity contribution in [3.8, 4) is 0 Å². The van der Waals surface area contributed by atoms with Crippen molar-refractivity contribution in [1.82, 2.24) is 4.98 Å². The van der Waals surface area contributed by atoms with E-state index < -0.39 is 0 Å². The van der Waals surface area contributed by atoms with E-state index in [-0.39, 0.29) is 24.8 Å². The highest BCUT2D eigenvalue weighted by atomic mass is 35.5. The van der Waals surface area contributed by atoms with Gasteiger partial charge in [0.15, 0.2) is 0 Å². The van der Waals surface area contributed by atoms with E-state index in [0.29, 0.717) is 6.54 Å². The smallest absolute Gasteiger partial charge is 0.0957 e. The zero-order valence-electron chi connectivity index (χ0n) is 6.69. The number of halogens is 2. The molecule has 0 aliphatic heterocycles. The number of aromatic nitrogens is 1. The average Bonchev–Trinajstić information content (AvgIpc) is 2.05. The number of nitrogens with zero attached hydrogens (tertiary/aromatic N) is 1. The Morgan fingerprint density at radius 1 is 1.42 bits per heavy atom. The first-order chi connectivity index (χ1) is 4.86. The Hall–Kier alpha value is 0.0400. The van der Waals surface area contributed by atoms with Gasteiger partial charge in [-0.1, -0.05) is 6.07 Å². The number of rotatable bonds is 2. The number of nitrogens with two attached hydrogens (primary N) is 1. The van der Waals surface area contributed by atoms with Gasteiger partial charge in [-0.2, -0.15) is 0 Å². The maximum absolute atomic E-state index is 5.39. The molecule has 0 aliphatic rings. The summed E-state index contributed by atoms with van der Waals surface area (Å²) in [4.78, 5) is 4.15. The molecule has 0 saturated carbocycles. The van der Waals surface area contributed by atoms with Crippen molar-refractivity contribution in [2.24, 2.45) is 5.73 Å². The zero-order valence-corrected chi connectivity index (χ0v) is 9.14. The van der Waals surface area contributed by atoms with Crippen LogP contribution < -0.4 is 5.73 Å². The topological polar surface area (TPSA) is 38.9 Å². The summed E-state index contributed by atoms with van der Waals surface area (Å²) in [6.45, 7) is 0.571. The van der Waals surface area contributed by atoms with Gasteiger partial charge in [0.1, 0.15) is 0 Å².